The van der Waals surface area contributed by atoms with Gasteiger partial charge in [-0.05, 0) is 67.6 Å². The van der Waals surface area contributed by atoms with Crippen molar-refractivity contribution in [1.82, 2.24) is 0 Å². The molecule has 0 heterocycles. The van der Waals surface area contributed by atoms with E-state index in [2.05, 4.69) is 13.8 Å². The first-order valence-corrected chi connectivity index (χ1v) is 11.5. The van der Waals surface area contributed by atoms with Crippen molar-refractivity contribution in [3.63, 3.8) is 0 Å². The number of aryl methyl sites for hydroxylation is 1. The highest BCUT2D eigenvalue weighted by Gasteiger charge is 2.43. The summed E-state index contributed by atoms with van der Waals surface area (Å²) >= 11 is 0. The van der Waals surface area contributed by atoms with Crippen LogP contribution in [0.15, 0.2) is 24.3 Å². The number of fused-ring (bicyclic) bond motifs is 1. The number of hydrogen-bond donors (Lipinski definition) is 1. The first-order valence-electron chi connectivity index (χ1n) is 11.5. The van der Waals surface area contributed by atoms with Gasteiger partial charge in [0, 0.05) is 0 Å². The fourth-order valence-electron chi connectivity index (χ4n) is 4.50. The number of rotatable bonds is 11. The minimum absolute atomic E-state index is 0.367. The molecular weight excluding hydrogens is 316 g/mol. The predicted molar refractivity (Wildman–Crippen MR) is 114 cm³/mol. The van der Waals surface area contributed by atoms with Crippen LogP contribution in [0, 0.1) is 17.8 Å². The lowest BCUT2D eigenvalue weighted by molar-refractivity contribution is 0.475. The molecule has 1 heteroatoms. The maximum atomic E-state index is 9.20. The average Bonchev–Trinajstić information content (AvgIpc) is 3.25. The second-order valence-corrected chi connectivity index (χ2v) is 8.93. The van der Waals surface area contributed by atoms with E-state index in [0.29, 0.717) is 5.75 Å². The molecule has 0 bridgehead atoms. The zero-order valence-electron chi connectivity index (χ0n) is 17.4. The van der Waals surface area contributed by atoms with E-state index in [-0.39, 0.29) is 0 Å². The Hall–Kier alpha value is -0.980. The molecule has 2 aliphatic carbocycles. The van der Waals surface area contributed by atoms with Crippen molar-refractivity contribution in [2.24, 2.45) is 17.8 Å². The molecule has 2 fully saturated rings. The number of aromatic hydroxyl groups is 1. The standard InChI is InChI=1S/C18H30O.C7H12/c1-2-3-4-5-6-7-8-9-10-11-12-17-13-15-18(19)16-14-17;1-5-2-6-4-7(6)3-5/h13-16,19H,2-12H2,1H3;5-7H,2-4H2,1H3. The first kappa shape index (κ1) is 21.3. The van der Waals surface area contributed by atoms with Crippen LogP contribution in [0.3, 0.4) is 0 Å². The third-order valence-corrected chi connectivity index (χ3v) is 6.23. The Bertz CT molecular complexity index is 454. The van der Waals surface area contributed by atoms with E-state index in [1.54, 1.807) is 31.4 Å². The van der Waals surface area contributed by atoms with Gasteiger partial charge in [-0.2, -0.15) is 0 Å². The van der Waals surface area contributed by atoms with Gasteiger partial charge in [0.15, 0.2) is 0 Å². The number of benzene rings is 1. The third-order valence-electron chi connectivity index (χ3n) is 6.23. The van der Waals surface area contributed by atoms with Crippen molar-refractivity contribution in [1.29, 1.82) is 0 Å². The van der Waals surface area contributed by atoms with Crippen molar-refractivity contribution < 1.29 is 5.11 Å². The second-order valence-electron chi connectivity index (χ2n) is 8.93. The van der Waals surface area contributed by atoms with E-state index < -0.39 is 0 Å². The van der Waals surface area contributed by atoms with Gasteiger partial charge in [-0.25, -0.2) is 0 Å². The van der Waals surface area contributed by atoms with E-state index in [1.165, 1.54) is 81.6 Å². The number of phenolic OH excluding ortho intramolecular Hbond substituents is 1. The lowest BCUT2D eigenvalue weighted by atomic mass is 10.0. The molecule has 0 amide bonds. The summed E-state index contributed by atoms with van der Waals surface area (Å²) in [5.41, 5.74) is 1.34. The molecular formula is C25H42O. The molecule has 2 unspecified atom stereocenters. The molecule has 2 atom stereocenters. The largest absolute Gasteiger partial charge is 0.508 e. The van der Waals surface area contributed by atoms with Crippen LogP contribution >= 0.6 is 0 Å². The molecule has 0 radical (unpaired) electrons. The molecule has 148 valence electrons. The molecule has 0 aliphatic heterocycles. The molecule has 1 nitrogen and oxygen atoms in total. The Balaban J connectivity index is 0.000000282. The molecule has 2 saturated carbocycles. The molecule has 2 aliphatic rings. The van der Waals surface area contributed by atoms with Crippen LogP contribution in [-0.2, 0) is 6.42 Å². The van der Waals surface area contributed by atoms with Gasteiger partial charge in [0.05, 0.1) is 0 Å². The van der Waals surface area contributed by atoms with Crippen LogP contribution in [0.1, 0.15) is 103 Å². The normalized spacial score (nSPS) is 23.2. The maximum Gasteiger partial charge on any atom is 0.115 e. The Kier molecular flexibility index (Phi) is 10.2. The first-order chi connectivity index (χ1) is 12.7. The van der Waals surface area contributed by atoms with Gasteiger partial charge in [0.1, 0.15) is 5.75 Å². The number of phenols is 1. The quantitative estimate of drug-likeness (QED) is 0.398. The smallest absolute Gasteiger partial charge is 0.115 e. The second kappa shape index (κ2) is 12.4. The Labute approximate surface area is 162 Å². The zero-order valence-corrected chi connectivity index (χ0v) is 17.4. The third kappa shape index (κ3) is 9.10. The Morgan fingerprint density at radius 2 is 1.23 bits per heavy atom. The number of hydrogen-bond acceptors (Lipinski definition) is 1. The van der Waals surface area contributed by atoms with Crippen LogP contribution in [0.25, 0.3) is 0 Å². The van der Waals surface area contributed by atoms with Crippen LogP contribution < -0.4 is 0 Å². The molecule has 26 heavy (non-hydrogen) atoms. The van der Waals surface area contributed by atoms with Crippen molar-refractivity contribution in [3.05, 3.63) is 29.8 Å². The minimum atomic E-state index is 0.367. The predicted octanol–water partition coefficient (Wildman–Crippen LogP) is 7.91. The van der Waals surface area contributed by atoms with Gasteiger partial charge >= 0.3 is 0 Å². The molecule has 3 rings (SSSR count). The summed E-state index contributed by atoms with van der Waals surface area (Å²) in [5, 5.41) is 9.20. The monoisotopic (exact) mass is 358 g/mol. The van der Waals surface area contributed by atoms with E-state index in [4.69, 9.17) is 0 Å². The molecule has 0 spiro atoms. The van der Waals surface area contributed by atoms with Crippen LogP contribution in [0.5, 0.6) is 5.75 Å². The topological polar surface area (TPSA) is 20.2 Å². The highest BCUT2D eigenvalue weighted by molar-refractivity contribution is 5.25. The molecule has 0 aromatic heterocycles. The van der Waals surface area contributed by atoms with Gasteiger partial charge in [0.25, 0.3) is 0 Å². The van der Waals surface area contributed by atoms with E-state index >= 15 is 0 Å². The Morgan fingerprint density at radius 1 is 0.731 bits per heavy atom. The molecule has 1 aromatic carbocycles. The average molecular weight is 359 g/mol. The van der Waals surface area contributed by atoms with Gasteiger partial charge < -0.3 is 5.11 Å². The van der Waals surface area contributed by atoms with Crippen molar-refractivity contribution in [2.45, 2.75) is 104 Å². The maximum absolute atomic E-state index is 9.20. The SMILES string of the molecule is CC1CC2CC2C1.CCCCCCCCCCCCc1ccc(O)cc1. The van der Waals surface area contributed by atoms with Crippen LogP contribution in [0.2, 0.25) is 0 Å². The summed E-state index contributed by atoms with van der Waals surface area (Å²) in [5.74, 6) is 3.82. The fraction of sp³-hybridized carbons (Fsp3) is 0.760. The minimum Gasteiger partial charge on any atom is -0.508 e. The van der Waals surface area contributed by atoms with Gasteiger partial charge in [-0.3, -0.25) is 0 Å². The van der Waals surface area contributed by atoms with Crippen molar-refractivity contribution in [2.75, 3.05) is 0 Å². The van der Waals surface area contributed by atoms with Gasteiger partial charge in [-0.1, -0.05) is 83.8 Å². The molecule has 1 aromatic rings. The zero-order chi connectivity index (χ0) is 18.6. The summed E-state index contributed by atoms with van der Waals surface area (Å²) in [6.45, 7) is 4.65. The van der Waals surface area contributed by atoms with E-state index in [0.717, 1.165) is 12.3 Å². The molecule has 0 saturated heterocycles. The Morgan fingerprint density at radius 3 is 1.69 bits per heavy atom. The summed E-state index contributed by atoms with van der Waals surface area (Å²) < 4.78 is 0. The highest BCUT2D eigenvalue weighted by Crippen LogP contribution is 2.53. The van der Waals surface area contributed by atoms with Crippen LogP contribution in [-0.4, -0.2) is 5.11 Å². The summed E-state index contributed by atoms with van der Waals surface area (Å²) in [6.07, 6.45) is 19.7. The highest BCUT2D eigenvalue weighted by atomic mass is 16.3. The summed E-state index contributed by atoms with van der Waals surface area (Å²) in [4.78, 5) is 0. The summed E-state index contributed by atoms with van der Waals surface area (Å²) in [6, 6.07) is 7.63. The van der Waals surface area contributed by atoms with Gasteiger partial charge in [-0.15, -0.1) is 0 Å². The summed E-state index contributed by atoms with van der Waals surface area (Å²) in [7, 11) is 0. The van der Waals surface area contributed by atoms with Gasteiger partial charge in [0.2, 0.25) is 0 Å². The van der Waals surface area contributed by atoms with E-state index in [9.17, 15) is 5.11 Å². The van der Waals surface area contributed by atoms with Crippen LogP contribution in [0.4, 0.5) is 0 Å². The lowest BCUT2D eigenvalue weighted by Gasteiger charge is -2.03. The van der Waals surface area contributed by atoms with Crippen molar-refractivity contribution in [3.8, 4) is 5.75 Å². The van der Waals surface area contributed by atoms with E-state index in [1.807, 2.05) is 12.1 Å². The van der Waals surface area contributed by atoms with Crippen molar-refractivity contribution >= 4 is 0 Å². The fourth-order valence-corrected chi connectivity index (χ4v) is 4.50. The lowest BCUT2D eigenvalue weighted by Crippen LogP contribution is -1.86. The number of unbranched alkanes of at least 4 members (excludes halogenated alkanes) is 9. The molecule has 1 N–H and O–H groups in total.